The van der Waals surface area contributed by atoms with Gasteiger partial charge in [-0.15, -0.1) is 0 Å². The molecule has 1 fully saturated rings. The second kappa shape index (κ2) is 5.14. The van der Waals surface area contributed by atoms with E-state index >= 15 is 0 Å². The van der Waals surface area contributed by atoms with Crippen LogP contribution in [0.15, 0.2) is 30.3 Å². The lowest BCUT2D eigenvalue weighted by atomic mass is 9.83. The zero-order valence-electron chi connectivity index (χ0n) is 13.2. The standard InChI is InChI=1S/C20H25N/c1-13-5-3-7-16(13)20(21-2)18-12-11-15-10-9-14-6-4-8-17(18)19(14)15/h4,6,8,11-13,16,20-21H,3,5,7,9-10H2,1-2H3. The van der Waals surface area contributed by atoms with Crippen molar-refractivity contribution in [1.82, 2.24) is 5.32 Å². The summed E-state index contributed by atoms with van der Waals surface area (Å²) in [6.45, 7) is 2.43. The molecule has 0 aliphatic heterocycles. The molecule has 3 atom stereocenters. The van der Waals surface area contributed by atoms with Crippen molar-refractivity contribution < 1.29 is 0 Å². The van der Waals surface area contributed by atoms with Gasteiger partial charge in [0.1, 0.15) is 0 Å². The quantitative estimate of drug-likeness (QED) is 0.863. The van der Waals surface area contributed by atoms with E-state index in [-0.39, 0.29) is 0 Å². The molecule has 1 nitrogen and oxygen atoms in total. The van der Waals surface area contributed by atoms with Gasteiger partial charge in [0.2, 0.25) is 0 Å². The summed E-state index contributed by atoms with van der Waals surface area (Å²) >= 11 is 0. The summed E-state index contributed by atoms with van der Waals surface area (Å²) in [6, 6.07) is 12.2. The van der Waals surface area contributed by atoms with Crippen LogP contribution in [0.2, 0.25) is 0 Å². The maximum atomic E-state index is 3.64. The van der Waals surface area contributed by atoms with Gasteiger partial charge in [0.25, 0.3) is 0 Å². The van der Waals surface area contributed by atoms with E-state index in [0.717, 1.165) is 11.8 Å². The van der Waals surface area contributed by atoms with E-state index in [1.165, 1.54) is 43.1 Å². The van der Waals surface area contributed by atoms with E-state index in [2.05, 4.69) is 49.6 Å². The molecule has 110 valence electrons. The van der Waals surface area contributed by atoms with Crippen LogP contribution < -0.4 is 5.32 Å². The van der Waals surface area contributed by atoms with Crippen LogP contribution >= 0.6 is 0 Å². The average molecular weight is 279 g/mol. The Morgan fingerprint density at radius 1 is 1.05 bits per heavy atom. The average Bonchev–Trinajstić information content (AvgIpc) is 3.11. The third-order valence-electron chi connectivity index (χ3n) is 5.91. The van der Waals surface area contributed by atoms with Gasteiger partial charge in [-0.25, -0.2) is 0 Å². The zero-order chi connectivity index (χ0) is 14.4. The Morgan fingerprint density at radius 2 is 1.86 bits per heavy atom. The molecule has 2 aromatic rings. The van der Waals surface area contributed by atoms with Crippen molar-refractivity contribution in [2.75, 3.05) is 7.05 Å². The predicted octanol–water partition coefficient (Wildman–Crippen LogP) is 4.64. The minimum absolute atomic E-state index is 0.507. The molecule has 2 aliphatic carbocycles. The molecule has 0 bridgehead atoms. The molecule has 1 saturated carbocycles. The Morgan fingerprint density at radius 3 is 2.57 bits per heavy atom. The molecule has 0 heterocycles. The second-order valence-electron chi connectivity index (χ2n) is 6.99. The molecular weight excluding hydrogens is 254 g/mol. The molecule has 4 rings (SSSR count). The summed E-state index contributed by atoms with van der Waals surface area (Å²) in [4.78, 5) is 0. The first-order valence-electron chi connectivity index (χ1n) is 8.50. The Labute approximate surface area is 127 Å². The maximum absolute atomic E-state index is 3.64. The van der Waals surface area contributed by atoms with Crippen LogP contribution in [0.4, 0.5) is 0 Å². The molecule has 0 spiro atoms. The van der Waals surface area contributed by atoms with Crippen molar-refractivity contribution in [1.29, 1.82) is 0 Å². The Hall–Kier alpha value is -1.34. The zero-order valence-corrected chi connectivity index (χ0v) is 13.2. The van der Waals surface area contributed by atoms with Crippen molar-refractivity contribution >= 4 is 10.8 Å². The van der Waals surface area contributed by atoms with Gasteiger partial charge in [0.05, 0.1) is 0 Å². The smallest absolute Gasteiger partial charge is 0.0354 e. The van der Waals surface area contributed by atoms with Gasteiger partial charge < -0.3 is 5.32 Å². The summed E-state index contributed by atoms with van der Waals surface area (Å²) in [5.41, 5.74) is 4.64. The predicted molar refractivity (Wildman–Crippen MR) is 89.7 cm³/mol. The van der Waals surface area contributed by atoms with Crippen LogP contribution in [0, 0.1) is 11.8 Å². The number of benzene rings is 2. The molecule has 21 heavy (non-hydrogen) atoms. The van der Waals surface area contributed by atoms with E-state index in [4.69, 9.17) is 0 Å². The normalized spacial score (nSPS) is 25.6. The van der Waals surface area contributed by atoms with Crippen LogP contribution in [-0.2, 0) is 12.8 Å². The van der Waals surface area contributed by atoms with E-state index in [1.54, 1.807) is 16.5 Å². The van der Waals surface area contributed by atoms with Gasteiger partial charge in [-0.3, -0.25) is 0 Å². The van der Waals surface area contributed by atoms with Crippen LogP contribution in [0.1, 0.15) is 48.9 Å². The summed E-state index contributed by atoms with van der Waals surface area (Å²) < 4.78 is 0. The first kappa shape index (κ1) is 13.3. The molecule has 0 aromatic heterocycles. The van der Waals surface area contributed by atoms with E-state index in [0.29, 0.717) is 6.04 Å². The summed E-state index contributed by atoms with van der Waals surface area (Å²) in [7, 11) is 2.14. The second-order valence-corrected chi connectivity index (χ2v) is 6.99. The fourth-order valence-electron chi connectivity index (χ4n) is 4.81. The molecular formula is C20H25N. The lowest BCUT2D eigenvalue weighted by Gasteiger charge is -2.28. The van der Waals surface area contributed by atoms with Crippen LogP contribution in [0.3, 0.4) is 0 Å². The monoisotopic (exact) mass is 279 g/mol. The Balaban J connectivity index is 1.86. The summed E-state index contributed by atoms with van der Waals surface area (Å²) in [6.07, 6.45) is 6.60. The number of nitrogens with one attached hydrogen (secondary N) is 1. The van der Waals surface area contributed by atoms with Crippen molar-refractivity contribution in [3.8, 4) is 0 Å². The highest BCUT2D eigenvalue weighted by Gasteiger charge is 2.32. The fourth-order valence-corrected chi connectivity index (χ4v) is 4.81. The molecule has 0 amide bonds. The van der Waals surface area contributed by atoms with Crippen LogP contribution in [-0.4, -0.2) is 7.05 Å². The van der Waals surface area contributed by atoms with Gasteiger partial charge in [0.15, 0.2) is 0 Å². The summed E-state index contributed by atoms with van der Waals surface area (Å²) in [5, 5.41) is 6.70. The number of rotatable bonds is 3. The van der Waals surface area contributed by atoms with Crippen molar-refractivity contribution in [2.24, 2.45) is 11.8 Å². The van der Waals surface area contributed by atoms with Gasteiger partial charge in [0, 0.05) is 6.04 Å². The fraction of sp³-hybridized carbons (Fsp3) is 0.500. The molecule has 1 N–H and O–H groups in total. The Bertz CT molecular complexity index is 663. The SMILES string of the molecule is CNC(c1ccc2c3c(cccc13)CC2)C1CCCC1C. The third kappa shape index (κ3) is 2.02. The molecule has 0 radical (unpaired) electrons. The number of hydrogen-bond donors (Lipinski definition) is 1. The van der Waals surface area contributed by atoms with Gasteiger partial charge in [-0.2, -0.15) is 0 Å². The van der Waals surface area contributed by atoms with Crippen molar-refractivity contribution in [3.05, 3.63) is 47.0 Å². The topological polar surface area (TPSA) is 12.0 Å². The largest absolute Gasteiger partial charge is 0.313 e. The maximum Gasteiger partial charge on any atom is 0.0354 e. The number of aryl methyl sites for hydroxylation is 2. The molecule has 1 heteroatoms. The van der Waals surface area contributed by atoms with E-state index in [9.17, 15) is 0 Å². The van der Waals surface area contributed by atoms with Gasteiger partial charge in [-0.1, -0.05) is 50.1 Å². The van der Waals surface area contributed by atoms with Crippen molar-refractivity contribution in [3.63, 3.8) is 0 Å². The highest BCUT2D eigenvalue weighted by molar-refractivity contribution is 5.93. The highest BCUT2D eigenvalue weighted by Crippen LogP contribution is 2.43. The third-order valence-corrected chi connectivity index (χ3v) is 5.91. The highest BCUT2D eigenvalue weighted by atomic mass is 14.9. The number of hydrogen-bond acceptors (Lipinski definition) is 1. The molecule has 0 saturated heterocycles. The minimum Gasteiger partial charge on any atom is -0.313 e. The first-order chi connectivity index (χ1) is 10.3. The van der Waals surface area contributed by atoms with Crippen LogP contribution in [0.5, 0.6) is 0 Å². The summed E-state index contributed by atoms with van der Waals surface area (Å²) in [5.74, 6) is 1.62. The van der Waals surface area contributed by atoms with E-state index < -0.39 is 0 Å². The lowest BCUT2D eigenvalue weighted by Crippen LogP contribution is -2.27. The first-order valence-corrected chi connectivity index (χ1v) is 8.50. The molecule has 2 aromatic carbocycles. The Kier molecular flexibility index (Phi) is 3.26. The van der Waals surface area contributed by atoms with Gasteiger partial charge in [-0.05, 0) is 65.6 Å². The van der Waals surface area contributed by atoms with E-state index in [1.807, 2.05) is 0 Å². The lowest BCUT2D eigenvalue weighted by molar-refractivity contribution is 0.317. The van der Waals surface area contributed by atoms with Gasteiger partial charge >= 0.3 is 0 Å². The van der Waals surface area contributed by atoms with Crippen LogP contribution in [0.25, 0.3) is 10.8 Å². The minimum atomic E-state index is 0.507. The molecule has 3 unspecified atom stereocenters. The van der Waals surface area contributed by atoms with Crippen molar-refractivity contribution in [2.45, 2.75) is 45.1 Å². The molecule has 2 aliphatic rings.